The molecule has 4 nitrogen and oxygen atoms in total. The van der Waals surface area contributed by atoms with Crippen LogP contribution in [0.1, 0.15) is 33.4 Å². The van der Waals surface area contributed by atoms with E-state index in [0.717, 1.165) is 60.1 Å². The second-order valence-corrected chi connectivity index (χ2v) is 14.2. The topological polar surface area (TPSA) is 51.6 Å². The van der Waals surface area contributed by atoms with Crippen LogP contribution in [0.25, 0.3) is 66.7 Å². The maximum atomic E-state index is 4.70. The highest BCUT2D eigenvalue weighted by molar-refractivity contribution is 7.13. The highest BCUT2D eigenvalue weighted by Gasteiger charge is 2.47. The number of hydrogen-bond acceptors (Lipinski definition) is 6. The molecule has 242 valence electrons. The quantitative estimate of drug-likeness (QED) is 0.159. The largest absolute Gasteiger partial charge is 0.263 e. The normalized spacial score (nSPS) is 12.6. The Morgan fingerprint density at radius 3 is 1.65 bits per heavy atom. The number of aromatic nitrogens is 4. The van der Waals surface area contributed by atoms with Crippen molar-refractivity contribution in [2.75, 3.05) is 0 Å². The Morgan fingerprint density at radius 1 is 0.510 bits per heavy atom. The molecule has 0 saturated carbocycles. The predicted octanol–water partition coefficient (Wildman–Crippen LogP) is 11.7. The molecule has 0 spiro atoms. The van der Waals surface area contributed by atoms with E-state index in [9.17, 15) is 0 Å². The van der Waals surface area contributed by atoms with E-state index in [1.165, 1.54) is 27.8 Å². The number of nitrogens with zero attached hydrogens (tertiary/aromatic N) is 4. The molecule has 1 aliphatic rings. The Hall–Kier alpha value is -6.08. The van der Waals surface area contributed by atoms with Gasteiger partial charge in [0.2, 0.25) is 0 Å². The number of fused-ring (bicyclic) bond motifs is 3. The van der Waals surface area contributed by atoms with Crippen LogP contribution < -0.4 is 0 Å². The van der Waals surface area contributed by atoms with Crippen molar-refractivity contribution in [3.8, 4) is 54.5 Å². The first-order valence-corrected chi connectivity index (χ1v) is 18.4. The van der Waals surface area contributed by atoms with Crippen molar-refractivity contribution in [1.29, 1.82) is 0 Å². The van der Waals surface area contributed by atoms with Gasteiger partial charge in [0.1, 0.15) is 10.0 Å². The van der Waals surface area contributed by atoms with Crippen molar-refractivity contribution >= 4 is 34.8 Å². The molecular weight excluding hydrogens is 661 g/mol. The van der Waals surface area contributed by atoms with Gasteiger partial charge in [-0.1, -0.05) is 98.1 Å². The summed E-state index contributed by atoms with van der Waals surface area (Å²) in [6, 6.07) is 35.3. The third-order valence-electron chi connectivity index (χ3n) is 9.81. The molecule has 1 aliphatic carbocycles. The lowest BCUT2D eigenvalue weighted by molar-refractivity contribution is 0.769. The average Bonchev–Trinajstić information content (AvgIpc) is 3.99. The van der Waals surface area contributed by atoms with Crippen LogP contribution in [0, 0.1) is 0 Å². The molecule has 0 atom stereocenters. The van der Waals surface area contributed by atoms with Gasteiger partial charge in [0.05, 0.1) is 5.41 Å². The molecule has 0 unspecified atom stereocenters. The van der Waals surface area contributed by atoms with Crippen LogP contribution in [0.4, 0.5) is 0 Å². The lowest BCUT2D eigenvalue weighted by Crippen LogP contribution is -2.28. The van der Waals surface area contributed by atoms with Crippen LogP contribution in [0.5, 0.6) is 0 Å². The second-order valence-electron chi connectivity index (χ2n) is 12.4. The first kappa shape index (κ1) is 30.9. The first-order chi connectivity index (χ1) is 25.2. The first-order valence-electron chi connectivity index (χ1n) is 16.6. The summed E-state index contributed by atoms with van der Waals surface area (Å²) >= 11 is 3.23. The Labute approximate surface area is 304 Å². The fraction of sp³-hybridized carbons (Fsp3) is 0.0222. The number of benzene rings is 4. The van der Waals surface area contributed by atoms with Crippen molar-refractivity contribution in [3.63, 3.8) is 0 Å². The molecule has 0 radical (unpaired) electrons. The second kappa shape index (κ2) is 12.7. The van der Waals surface area contributed by atoms with E-state index in [1.807, 2.05) is 60.1 Å². The molecule has 51 heavy (non-hydrogen) atoms. The summed E-state index contributed by atoms with van der Waals surface area (Å²) in [7, 11) is 0. The molecule has 0 fully saturated rings. The van der Waals surface area contributed by atoms with Gasteiger partial charge in [-0.15, -0.1) is 22.7 Å². The van der Waals surface area contributed by atoms with Crippen molar-refractivity contribution in [2.24, 2.45) is 0 Å². The van der Waals surface area contributed by atoms with Crippen LogP contribution >= 0.6 is 22.7 Å². The summed E-state index contributed by atoms with van der Waals surface area (Å²) in [6.45, 7) is 8.72. The fourth-order valence-corrected chi connectivity index (χ4v) is 8.93. The summed E-state index contributed by atoms with van der Waals surface area (Å²) in [4.78, 5) is 18.5. The zero-order chi connectivity index (χ0) is 34.4. The van der Waals surface area contributed by atoms with E-state index in [1.54, 1.807) is 22.7 Å². The summed E-state index contributed by atoms with van der Waals surface area (Å²) in [6.07, 6.45) is 15.3. The Bertz CT molecular complexity index is 2520. The molecule has 0 saturated heterocycles. The minimum atomic E-state index is -0.643. The van der Waals surface area contributed by atoms with E-state index >= 15 is 0 Å². The zero-order valence-electron chi connectivity index (χ0n) is 27.5. The lowest BCUT2D eigenvalue weighted by atomic mass is 9.67. The van der Waals surface area contributed by atoms with Gasteiger partial charge < -0.3 is 0 Å². The van der Waals surface area contributed by atoms with Crippen molar-refractivity contribution < 1.29 is 0 Å². The van der Waals surface area contributed by atoms with E-state index in [0.29, 0.717) is 0 Å². The number of thiazole rings is 2. The number of rotatable bonds is 8. The molecule has 0 bridgehead atoms. The van der Waals surface area contributed by atoms with Gasteiger partial charge in [0.25, 0.3) is 0 Å². The molecule has 0 amide bonds. The Morgan fingerprint density at radius 2 is 1.08 bits per heavy atom. The smallest absolute Gasteiger partial charge is 0.124 e. The molecule has 6 heteroatoms. The minimum Gasteiger partial charge on any atom is -0.263 e. The van der Waals surface area contributed by atoms with Crippen LogP contribution in [-0.2, 0) is 5.41 Å². The van der Waals surface area contributed by atoms with Gasteiger partial charge in [0, 0.05) is 70.2 Å². The molecule has 0 N–H and O–H groups in total. The summed E-state index contributed by atoms with van der Waals surface area (Å²) in [5.41, 5.74) is 14.7. The van der Waals surface area contributed by atoms with E-state index < -0.39 is 5.41 Å². The van der Waals surface area contributed by atoms with Gasteiger partial charge in [-0.25, -0.2) is 9.97 Å². The number of pyridine rings is 2. The maximum absolute atomic E-state index is 4.70. The minimum absolute atomic E-state index is 0.643. The highest BCUT2D eigenvalue weighted by Crippen LogP contribution is 2.59. The monoisotopic (exact) mass is 690 g/mol. The standard InChI is InChI=1S/C45H30N4S2/c1-3-36-37(4-2)42-38-16-15-29(30-21-32(27-46-25-30)43-48-17-19-50-43)23-40(38)45(34-11-7-5-8-12-34,35-13-9-6-10-14-35)41(42)24-39(36)31-22-33(28-47-26-31)44-49-18-20-51-44/h3-28H,1-2H2. The maximum Gasteiger partial charge on any atom is 0.124 e. The molecule has 8 aromatic rings. The van der Waals surface area contributed by atoms with Gasteiger partial charge in [0.15, 0.2) is 0 Å². The van der Waals surface area contributed by atoms with Gasteiger partial charge >= 0.3 is 0 Å². The van der Waals surface area contributed by atoms with Gasteiger partial charge in [-0.3, -0.25) is 9.97 Å². The third-order valence-corrected chi connectivity index (χ3v) is 11.5. The van der Waals surface area contributed by atoms with Gasteiger partial charge in [-0.05, 0) is 79.9 Å². The van der Waals surface area contributed by atoms with Crippen LogP contribution in [0.15, 0.2) is 158 Å². The number of hydrogen-bond donors (Lipinski definition) is 0. The lowest BCUT2D eigenvalue weighted by Gasteiger charge is -2.34. The summed E-state index contributed by atoms with van der Waals surface area (Å²) in [5.74, 6) is 0. The van der Waals surface area contributed by atoms with E-state index in [2.05, 4.69) is 125 Å². The predicted molar refractivity (Wildman–Crippen MR) is 213 cm³/mol. The van der Waals surface area contributed by atoms with Crippen LogP contribution in [0.2, 0.25) is 0 Å². The molecule has 4 aromatic heterocycles. The van der Waals surface area contributed by atoms with E-state index in [-0.39, 0.29) is 0 Å². The molecule has 0 aliphatic heterocycles. The third kappa shape index (κ3) is 4.95. The summed E-state index contributed by atoms with van der Waals surface area (Å²) < 4.78 is 0. The molecule has 4 heterocycles. The molecule has 4 aromatic carbocycles. The van der Waals surface area contributed by atoms with Crippen molar-refractivity contribution in [3.05, 3.63) is 192 Å². The molecular formula is C45H30N4S2. The van der Waals surface area contributed by atoms with Crippen LogP contribution in [0.3, 0.4) is 0 Å². The zero-order valence-corrected chi connectivity index (χ0v) is 29.2. The van der Waals surface area contributed by atoms with E-state index in [4.69, 9.17) is 4.98 Å². The summed E-state index contributed by atoms with van der Waals surface area (Å²) in [5, 5.41) is 5.88. The van der Waals surface area contributed by atoms with Crippen molar-refractivity contribution in [2.45, 2.75) is 5.41 Å². The van der Waals surface area contributed by atoms with Crippen molar-refractivity contribution in [1.82, 2.24) is 19.9 Å². The van der Waals surface area contributed by atoms with Gasteiger partial charge in [-0.2, -0.15) is 0 Å². The Kier molecular flexibility index (Phi) is 7.68. The Balaban J connectivity index is 1.37. The van der Waals surface area contributed by atoms with Crippen LogP contribution in [-0.4, -0.2) is 19.9 Å². The highest BCUT2D eigenvalue weighted by atomic mass is 32.1. The average molecular weight is 691 g/mol. The fourth-order valence-electron chi connectivity index (χ4n) is 7.69. The molecule has 9 rings (SSSR count). The SMILES string of the molecule is C=Cc1c(-c2cncc(-c3nccs3)c2)cc2c(c1C=C)-c1ccc(-c3cncc(-c4nccs4)c3)cc1C2(c1ccccc1)c1ccccc1.